The summed E-state index contributed by atoms with van der Waals surface area (Å²) in [5.41, 5.74) is -0.689. The van der Waals surface area contributed by atoms with Crippen molar-refractivity contribution < 1.29 is 28.6 Å². The van der Waals surface area contributed by atoms with E-state index >= 15 is 4.39 Å². The molecule has 3 rings (SSSR count). The number of carboxylic acid groups (broad SMARTS) is 1. The van der Waals surface area contributed by atoms with E-state index in [-0.39, 0.29) is 21.7 Å². The van der Waals surface area contributed by atoms with Gasteiger partial charge in [0.1, 0.15) is 17.4 Å². The molecule has 0 saturated carbocycles. The molecule has 2 amide bonds. The molecule has 0 aliphatic rings. The van der Waals surface area contributed by atoms with Crippen LogP contribution in [-0.4, -0.2) is 26.8 Å². The topological polar surface area (TPSA) is 121 Å². The van der Waals surface area contributed by atoms with Gasteiger partial charge < -0.3 is 25.4 Å². The van der Waals surface area contributed by atoms with Gasteiger partial charge in [0.25, 0.3) is 5.56 Å². The van der Waals surface area contributed by atoms with Gasteiger partial charge in [0.2, 0.25) is 0 Å². The third-order valence-electron chi connectivity index (χ3n) is 5.09. The summed E-state index contributed by atoms with van der Waals surface area (Å²) in [6, 6.07) is 5.37. The molecule has 1 aromatic heterocycles. The molecule has 0 aliphatic heterocycles. The predicted molar refractivity (Wildman–Crippen MR) is 122 cm³/mol. The summed E-state index contributed by atoms with van der Waals surface area (Å²) in [7, 11) is 1.42. The van der Waals surface area contributed by atoms with Crippen molar-refractivity contribution in [2.75, 3.05) is 5.32 Å². The summed E-state index contributed by atoms with van der Waals surface area (Å²) >= 11 is 5.79. The van der Waals surface area contributed by atoms with Crippen LogP contribution < -0.4 is 16.2 Å². The van der Waals surface area contributed by atoms with Crippen molar-refractivity contribution in [2.45, 2.75) is 19.4 Å². The largest absolute Gasteiger partial charge is 0.505 e. The Morgan fingerprint density at radius 2 is 1.91 bits per heavy atom. The molecule has 2 aromatic carbocycles. The zero-order valence-electron chi connectivity index (χ0n) is 18.0. The van der Waals surface area contributed by atoms with E-state index in [4.69, 9.17) is 11.6 Å². The van der Waals surface area contributed by atoms with E-state index in [2.05, 4.69) is 10.6 Å². The maximum atomic E-state index is 15.4. The number of halogens is 3. The lowest BCUT2D eigenvalue weighted by Gasteiger charge is -2.20. The molecule has 1 heterocycles. The maximum Gasteiger partial charge on any atom is 0.319 e. The van der Waals surface area contributed by atoms with Gasteiger partial charge in [-0.15, -0.1) is 0 Å². The number of hydrogen-bond acceptors (Lipinski definition) is 4. The molecule has 34 heavy (non-hydrogen) atoms. The third-order valence-corrected chi connectivity index (χ3v) is 5.38. The fourth-order valence-corrected chi connectivity index (χ4v) is 3.61. The number of aryl methyl sites for hydroxylation is 2. The van der Waals surface area contributed by atoms with E-state index < -0.39 is 53.1 Å². The lowest BCUT2D eigenvalue weighted by molar-refractivity contribution is -0.137. The first kappa shape index (κ1) is 24.7. The molecule has 11 heteroatoms. The molecule has 1 atom stereocenters. The molecule has 4 N–H and O–H groups in total. The van der Waals surface area contributed by atoms with Crippen molar-refractivity contribution in [1.82, 2.24) is 9.88 Å². The number of pyridine rings is 1. The van der Waals surface area contributed by atoms with Gasteiger partial charge in [-0.05, 0) is 24.6 Å². The number of anilines is 1. The molecular formula is C23H20ClF2N3O5. The highest BCUT2D eigenvalue weighted by Gasteiger charge is 2.24. The maximum absolute atomic E-state index is 15.4. The van der Waals surface area contributed by atoms with Crippen LogP contribution in [0.25, 0.3) is 11.1 Å². The normalized spacial score (nSPS) is 11.7. The van der Waals surface area contributed by atoms with Crippen LogP contribution in [0.1, 0.15) is 23.6 Å². The van der Waals surface area contributed by atoms with Gasteiger partial charge in [-0.2, -0.15) is 0 Å². The van der Waals surface area contributed by atoms with Crippen molar-refractivity contribution in [3.63, 3.8) is 0 Å². The Bertz CT molecular complexity index is 1340. The Morgan fingerprint density at radius 3 is 2.56 bits per heavy atom. The molecule has 0 fully saturated rings. The molecule has 178 valence electrons. The number of amides is 2. The van der Waals surface area contributed by atoms with Gasteiger partial charge in [0.05, 0.1) is 17.5 Å². The number of benzene rings is 2. The minimum absolute atomic E-state index is 0.0159. The van der Waals surface area contributed by atoms with Gasteiger partial charge in [-0.25, -0.2) is 13.6 Å². The average Bonchev–Trinajstić information content (AvgIpc) is 2.77. The number of carboxylic acids is 1. The molecule has 0 bridgehead atoms. The minimum Gasteiger partial charge on any atom is -0.505 e. The molecule has 0 saturated heterocycles. The molecule has 0 radical (unpaired) electrons. The molecule has 0 aliphatic carbocycles. The Labute approximate surface area is 197 Å². The highest BCUT2D eigenvalue weighted by molar-refractivity contribution is 6.31. The number of rotatable bonds is 6. The van der Waals surface area contributed by atoms with E-state index in [0.29, 0.717) is 5.56 Å². The number of hydrogen-bond donors (Lipinski definition) is 4. The van der Waals surface area contributed by atoms with Crippen LogP contribution >= 0.6 is 11.6 Å². The van der Waals surface area contributed by atoms with Crippen LogP contribution in [0.5, 0.6) is 5.75 Å². The van der Waals surface area contributed by atoms with E-state index in [0.717, 1.165) is 10.6 Å². The van der Waals surface area contributed by atoms with E-state index in [1.807, 2.05) is 0 Å². The summed E-state index contributed by atoms with van der Waals surface area (Å²) in [5, 5.41) is 23.8. The van der Waals surface area contributed by atoms with E-state index in [1.165, 1.54) is 50.5 Å². The van der Waals surface area contributed by atoms with Crippen LogP contribution in [-0.2, 0) is 11.8 Å². The highest BCUT2D eigenvalue weighted by Crippen LogP contribution is 2.32. The van der Waals surface area contributed by atoms with Crippen molar-refractivity contribution in [3.8, 4) is 16.9 Å². The number of carbonyl (C=O) groups excluding carboxylic acids is 1. The van der Waals surface area contributed by atoms with Crippen molar-refractivity contribution in [2.24, 2.45) is 7.05 Å². The molecule has 8 nitrogen and oxygen atoms in total. The lowest BCUT2D eigenvalue weighted by Crippen LogP contribution is -2.36. The molecular weight excluding hydrogens is 472 g/mol. The summed E-state index contributed by atoms with van der Waals surface area (Å²) in [5.74, 6) is -3.30. The highest BCUT2D eigenvalue weighted by atomic mass is 35.5. The molecule has 0 spiro atoms. The second-order valence-electron chi connectivity index (χ2n) is 7.54. The van der Waals surface area contributed by atoms with Crippen LogP contribution in [0, 0.1) is 18.6 Å². The number of nitrogens with one attached hydrogen (secondary N) is 2. The number of aromatic nitrogens is 1. The lowest BCUT2D eigenvalue weighted by atomic mass is 9.96. The van der Waals surface area contributed by atoms with Crippen molar-refractivity contribution in [3.05, 3.63) is 80.7 Å². The smallest absolute Gasteiger partial charge is 0.319 e. The Balaban J connectivity index is 1.96. The fraction of sp³-hybridized carbons (Fsp3) is 0.174. The zero-order chi connectivity index (χ0) is 25.2. The SMILES string of the molecule is Cc1cn(C)c(=O)c(NC(=O)NC(CC(=O)O)c2cccc(-c3ccc(F)c(Cl)c3)c2F)c1O. The quantitative estimate of drug-likeness (QED) is 0.409. The van der Waals surface area contributed by atoms with Gasteiger partial charge in [-0.3, -0.25) is 9.59 Å². The number of aromatic hydroxyl groups is 1. The van der Waals surface area contributed by atoms with Crippen LogP contribution in [0.2, 0.25) is 5.02 Å². The van der Waals surface area contributed by atoms with E-state index in [1.54, 1.807) is 0 Å². The predicted octanol–water partition coefficient (Wildman–Crippen LogP) is 4.34. The van der Waals surface area contributed by atoms with E-state index in [9.17, 15) is 29.0 Å². The monoisotopic (exact) mass is 491 g/mol. The zero-order valence-corrected chi connectivity index (χ0v) is 18.8. The fourth-order valence-electron chi connectivity index (χ4n) is 3.42. The summed E-state index contributed by atoms with van der Waals surface area (Å²) in [6.07, 6.45) is 0.687. The number of carbonyl (C=O) groups is 2. The number of urea groups is 1. The second-order valence-corrected chi connectivity index (χ2v) is 7.95. The first-order valence-corrected chi connectivity index (χ1v) is 10.3. The van der Waals surface area contributed by atoms with Gasteiger partial charge in [0, 0.05) is 29.9 Å². The van der Waals surface area contributed by atoms with Crippen molar-refractivity contribution >= 4 is 29.3 Å². The Kier molecular flexibility index (Phi) is 7.21. The van der Waals surface area contributed by atoms with Gasteiger partial charge in [0.15, 0.2) is 5.69 Å². The van der Waals surface area contributed by atoms with Crippen LogP contribution in [0.3, 0.4) is 0 Å². The van der Waals surface area contributed by atoms with Gasteiger partial charge >= 0.3 is 12.0 Å². The second kappa shape index (κ2) is 9.92. The first-order chi connectivity index (χ1) is 16.0. The number of aliphatic carboxylic acids is 1. The van der Waals surface area contributed by atoms with Crippen LogP contribution in [0.15, 0.2) is 47.4 Å². The number of nitrogens with zero attached hydrogens (tertiary/aromatic N) is 1. The Morgan fingerprint density at radius 1 is 1.21 bits per heavy atom. The molecule has 3 aromatic rings. The average molecular weight is 492 g/mol. The summed E-state index contributed by atoms with van der Waals surface area (Å²) < 4.78 is 30.1. The standard InChI is InChI=1S/C23H20ClF2N3O5/c1-11-10-29(2)22(33)20(21(11)32)28-23(34)27-17(9-18(30)31)14-5-3-4-13(19(14)26)12-6-7-16(25)15(24)8-12/h3-8,10,17,32H,9H2,1-2H3,(H,30,31)(H2,27,28,34). The first-order valence-electron chi connectivity index (χ1n) is 9.92. The third kappa shape index (κ3) is 5.18. The summed E-state index contributed by atoms with van der Waals surface area (Å²) in [6.45, 7) is 1.52. The van der Waals surface area contributed by atoms with Gasteiger partial charge in [-0.1, -0.05) is 35.9 Å². The molecule has 1 unspecified atom stereocenters. The van der Waals surface area contributed by atoms with Crippen molar-refractivity contribution in [1.29, 1.82) is 0 Å². The van der Waals surface area contributed by atoms with Crippen LogP contribution in [0.4, 0.5) is 19.3 Å². The Hall–Kier alpha value is -3.92. The summed E-state index contributed by atoms with van der Waals surface area (Å²) in [4.78, 5) is 36.3. The minimum atomic E-state index is -1.34.